The summed E-state index contributed by atoms with van der Waals surface area (Å²) in [4.78, 5) is 39.3. The van der Waals surface area contributed by atoms with Crippen LogP contribution in [-0.2, 0) is 9.59 Å². The van der Waals surface area contributed by atoms with Crippen LogP contribution in [0.2, 0.25) is 0 Å². The number of Topliss-reactive ketones (excluding diaryl/α,β-unsaturated/α-hetero) is 1. The third-order valence-electron chi connectivity index (χ3n) is 6.07. The van der Waals surface area contributed by atoms with Crippen LogP contribution >= 0.6 is 0 Å². The molecular weight excluding hydrogens is 424 g/mol. The van der Waals surface area contributed by atoms with E-state index in [2.05, 4.69) is 5.32 Å². The number of rotatable bonds is 8. The minimum absolute atomic E-state index is 0.0179. The molecule has 8 heteroatoms. The van der Waals surface area contributed by atoms with Crippen LogP contribution in [0.1, 0.15) is 42.5 Å². The molecule has 2 aliphatic heterocycles. The molecule has 1 fully saturated rings. The number of ketones is 1. The highest BCUT2D eigenvalue weighted by molar-refractivity contribution is 5.96. The summed E-state index contributed by atoms with van der Waals surface area (Å²) in [6, 6.07) is 12.3. The molecule has 4 rings (SSSR count). The van der Waals surface area contributed by atoms with Gasteiger partial charge in [-0.05, 0) is 55.7 Å². The van der Waals surface area contributed by atoms with Gasteiger partial charge in [0.2, 0.25) is 18.6 Å². The Balaban J connectivity index is 1.18. The van der Waals surface area contributed by atoms with Crippen LogP contribution < -0.4 is 19.5 Å². The summed E-state index contributed by atoms with van der Waals surface area (Å²) in [7, 11) is 1.58. The highest BCUT2D eigenvalue weighted by atomic mass is 16.7. The third kappa shape index (κ3) is 5.63. The lowest BCUT2D eigenvalue weighted by Gasteiger charge is -2.31. The first-order chi connectivity index (χ1) is 16.0. The SMILES string of the molecule is COc1ccc(C(=O)CCCC(=O)N2CCC(C(=O)Nc3ccc4c(c3)OCO4)CC2)cc1. The van der Waals surface area contributed by atoms with Crippen LogP contribution in [0.3, 0.4) is 0 Å². The maximum Gasteiger partial charge on any atom is 0.231 e. The molecule has 2 aromatic rings. The number of hydrogen-bond acceptors (Lipinski definition) is 6. The number of nitrogens with zero attached hydrogens (tertiary/aromatic N) is 1. The average molecular weight is 453 g/mol. The highest BCUT2D eigenvalue weighted by Crippen LogP contribution is 2.34. The van der Waals surface area contributed by atoms with Gasteiger partial charge in [0.05, 0.1) is 7.11 Å². The fraction of sp³-hybridized carbons (Fsp3) is 0.400. The van der Waals surface area contributed by atoms with E-state index < -0.39 is 0 Å². The number of benzene rings is 2. The lowest BCUT2D eigenvalue weighted by Crippen LogP contribution is -2.41. The maximum atomic E-state index is 12.6. The molecule has 174 valence electrons. The van der Waals surface area contributed by atoms with E-state index in [4.69, 9.17) is 14.2 Å². The van der Waals surface area contributed by atoms with E-state index in [1.54, 1.807) is 54.5 Å². The molecule has 1 N–H and O–H groups in total. The molecule has 0 radical (unpaired) electrons. The number of likely N-dealkylation sites (tertiary alicyclic amines) is 1. The molecule has 2 aromatic carbocycles. The summed E-state index contributed by atoms with van der Waals surface area (Å²) in [5, 5.41) is 2.93. The van der Waals surface area contributed by atoms with Crippen LogP contribution in [0.5, 0.6) is 17.2 Å². The molecule has 2 heterocycles. The zero-order valence-electron chi connectivity index (χ0n) is 18.7. The zero-order valence-corrected chi connectivity index (χ0v) is 18.7. The van der Waals surface area contributed by atoms with Crippen molar-refractivity contribution in [1.29, 1.82) is 0 Å². The number of ether oxygens (including phenoxy) is 3. The van der Waals surface area contributed by atoms with Crippen LogP contribution in [-0.4, -0.2) is 49.5 Å². The number of amides is 2. The Bertz CT molecular complexity index is 1010. The van der Waals surface area contributed by atoms with Gasteiger partial charge in [-0.2, -0.15) is 0 Å². The van der Waals surface area contributed by atoms with Crippen molar-refractivity contribution in [2.24, 2.45) is 5.92 Å². The summed E-state index contributed by atoms with van der Waals surface area (Å²) >= 11 is 0. The van der Waals surface area contributed by atoms with Crippen molar-refractivity contribution >= 4 is 23.3 Å². The standard InChI is InChI=1S/C25H28N2O6/c1-31-20-8-5-17(6-9-20)21(28)3-2-4-24(29)27-13-11-18(12-14-27)25(30)26-19-7-10-22-23(15-19)33-16-32-22/h5-10,15,18H,2-4,11-14,16H2,1H3,(H,26,30). The van der Waals surface area contributed by atoms with E-state index in [9.17, 15) is 14.4 Å². The monoisotopic (exact) mass is 452 g/mol. The van der Waals surface area contributed by atoms with Crippen molar-refractivity contribution in [3.8, 4) is 17.2 Å². The Hall–Kier alpha value is -3.55. The molecule has 2 amide bonds. The number of carbonyl (C=O) groups excluding carboxylic acids is 3. The van der Waals surface area contributed by atoms with E-state index in [0.717, 1.165) is 0 Å². The van der Waals surface area contributed by atoms with Crippen molar-refractivity contribution in [3.63, 3.8) is 0 Å². The second-order valence-electron chi connectivity index (χ2n) is 8.22. The molecular formula is C25H28N2O6. The Morgan fingerprint density at radius 3 is 2.45 bits per heavy atom. The van der Waals surface area contributed by atoms with Gasteiger partial charge in [-0.3, -0.25) is 14.4 Å². The molecule has 0 bridgehead atoms. The average Bonchev–Trinajstić information content (AvgIpc) is 3.32. The topological polar surface area (TPSA) is 94.2 Å². The van der Waals surface area contributed by atoms with E-state index in [0.29, 0.717) is 73.7 Å². The predicted octanol–water partition coefficient (Wildman–Crippen LogP) is 3.65. The number of piperidine rings is 1. The van der Waals surface area contributed by atoms with Crippen LogP contribution in [0.15, 0.2) is 42.5 Å². The minimum atomic E-state index is -0.142. The van der Waals surface area contributed by atoms with E-state index >= 15 is 0 Å². The van der Waals surface area contributed by atoms with Gasteiger partial charge in [-0.15, -0.1) is 0 Å². The molecule has 0 atom stereocenters. The molecule has 0 spiro atoms. The second-order valence-corrected chi connectivity index (χ2v) is 8.22. The fourth-order valence-electron chi connectivity index (χ4n) is 4.09. The largest absolute Gasteiger partial charge is 0.497 e. The lowest BCUT2D eigenvalue weighted by atomic mass is 9.95. The van der Waals surface area contributed by atoms with Gasteiger partial charge in [0, 0.05) is 49.2 Å². The summed E-state index contributed by atoms with van der Waals surface area (Å²) in [6.07, 6.45) is 2.40. The van der Waals surface area contributed by atoms with Gasteiger partial charge in [-0.1, -0.05) is 0 Å². The van der Waals surface area contributed by atoms with Gasteiger partial charge in [0.15, 0.2) is 17.3 Å². The maximum absolute atomic E-state index is 12.6. The van der Waals surface area contributed by atoms with Crippen molar-refractivity contribution in [1.82, 2.24) is 4.90 Å². The summed E-state index contributed by atoms with van der Waals surface area (Å²) < 4.78 is 15.7. The van der Waals surface area contributed by atoms with Gasteiger partial charge in [0.25, 0.3) is 0 Å². The fourth-order valence-corrected chi connectivity index (χ4v) is 4.09. The predicted molar refractivity (Wildman–Crippen MR) is 122 cm³/mol. The summed E-state index contributed by atoms with van der Waals surface area (Å²) in [5.74, 6) is 1.86. The number of hydrogen-bond donors (Lipinski definition) is 1. The van der Waals surface area contributed by atoms with Gasteiger partial charge in [0.1, 0.15) is 5.75 Å². The van der Waals surface area contributed by atoms with Crippen molar-refractivity contribution in [2.45, 2.75) is 32.1 Å². The first-order valence-electron chi connectivity index (χ1n) is 11.2. The quantitative estimate of drug-likeness (QED) is 0.615. The van der Waals surface area contributed by atoms with E-state index in [1.165, 1.54) is 0 Å². The number of fused-ring (bicyclic) bond motifs is 1. The molecule has 8 nitrogen and oxygen atoms in total. The number of carbonyl (C=O) groups is 3. The molecule has 0 aromatic heterocycles. The van der Waals surface area contributed by atoms with Crippen LogP contribution in [0.25, 0.3) is 0 Å². The second kappa shape index (κ2) is 10.4. The van der Waals surface area contributed by atoms with Gasteiger partial charge >= 0.3 is 0 Å². The number of methoxy groups -OCH3 is 1. The van der Waals surface area contributed by atoms with Crippen molar-refractivity contribution < 1.29 is 28.6 Å². The van der Waals surface area contributed by atoms with Crippen LogP contribution in [0, 0.1) is 5.92 Å². The molecule has 2 aliphatic rings. The first-order valence-corrected chi connectivity index (χ1v) is 11.2. The van der Waals surface area contributed by atoms with Crippen LogP contribution in [0.4, 0.5) is 5.69 Å². The smallest absolute Gasteiger partial charge is 0.231 e. The van der Waals surface area contributed by atoms with Gasteiger partial charge < -0.3 is 24.4 Å². The Labute approximate surface area is 192 Å². The Kier molecular flexibility index (Phi) is 7.12. The Morgan fingerprint density at radius 2 is 1.73 bits per heavy atom. The first kappa shape index (κ1) is 22.6. The molecule has 0 aliphatic carbocycles. The number of anilines is 1. The van der Waals surface area contributed by atoms with Crippen molar-refractivity contribution in [3.05, 3.63) is 48.0 Å². The Morgan fingerprint density at radius 1 is 1.00 bits per heavy atom. The highest BCUT2D eigenvalue weighted by Gasteiger charge is 2.27. The van der Waals surface area contributed by atoms with E-state index in [-0.39, 0.29) is 30.3 Å². The molecule has 1 saturated heterocycles. The zero-order chi connectivity index (χ0) is 23.2. The third-order valence-corrected chi connectivity index (χ3v) is 6.07. The lowest BCUT2D eigenvalue weighted by molar-refractivity contribution is -0.134. The molecule has 33 heavy (non-hydrogen) atoms. The summed E-state index contributed by atoms with van der Waals surface area (Å²) in [6.45, 7) is 1.28. The van der Waals surface area contributed by atoms with E-state index in [1.807, 2.05) is 0 Å². The number of nitrogens with one attached hydrogen (secondary N) is 1. The minimum Gasteiger partial charge on any atom is -0.497 e. The summed E-state index contributed by atoms with van der Waals surface area (Å²) in [5.41, 5.74) is 1.29. The van der Waals surface area contributed by atoms with Crippen molar-refractivity contribution in [2.75, 3.05) is 32.3 Å². The molecule has 0 unspecified atom stereocenters. The molecule has 0 saturated carbocycles. The van der Waals surface area contributed by atoms with Gasteiger partial charge in [-0.25, -0.2) is 0 Å². The normalized spacial score (nSPS) is 15.2.